The van der Waals surface area contributed by atoms with Gasteiger partial charge in [0, 0.05) is 25.8 Å². The molecule has 2 rings (SSSR count). The summed E-state index contributed by atoms with van der Waals surface area (Å²) in [5, 5.41) is 10.8. The quantitative estimate of drug-likeness (QED) is 0.678. The molecule has 0 atom stereocenters. The van der Waals surface area contributed by atoms with Crippen molar-refractivity contribution < 1.29 is 0 Å². The van der Waals surface area contributed by atoms with Crippen LogP contribution in [0, 0.1) is 0 Å². The van der Waals surface area contributed by atoms with Gasteiger partial charge < -0.3 is 10.6 Å². The molecule has 66 valence electrons. The zero-order valence-electron chi connectivity index (χ0n) is 7.25. The minimum absolute atomic E-state index is 0.597. The van der Waals surface area contributed by atoms with Crippen LogP contribution in [0.15, 0.2) is 12.4 Å². The monoisotopic (exact) mass is 166 g/mol. The molecule has 4 nitrogen and oxygen atoms in total. The molecule has 0 spiro atoms. The van der Waals surface area contributed by atoms with Gasteiger partial charge in [-0.1, -0.05) is 0 Å². The number of anilines is 1. The van der Waals surface area contributed by atoms with Gasteiger partial charge in [-0.3, -0.25) is 4.68 Å². The van der Waals surface area contributed by atoms with Crippen molar-refractivity contribution in [1.29, 1.82) is 0 Å². The normalized spacial score (nSPS) is 17.4. The van der Waals surface area contributed by atoms with Gasteiger partial charge in [-0.05, 0) is 6.92 Å². The molecular weight excluding hydrogens is 152 g/mol. The second-order valence-corrected chi connectivity index (χ2v) is 3.08. The highest BCUT2D eigenvalue weighted by molar-refractivity contribution is 5.40. The zero-order valence-corrected chi connectivity index (χ0v) is 7.25. The van der Waals surface area contributed by atoms with E-state index in [0.717, 1.165) is 25.3 Å². The second kappa shape index (κ2) is 3.15. The standard InChI is InChI=1S/C8H14N4/c1-2-12-6-8(5-10-12)11-7-3-9-4-7/h5-7,9,11H,2-4H2,1H3. The van der Waals surface area contributed by atoms with E-state index < -0.39 is 0 Å². The van der Waals surface area contributed by atoms with Gasteiger partial charge in [0.1, 0.15) is 0 Å². The lowest BCUT2D eigenvalue weighted by Crippen LogP contribution is -2.51. The topological polar surface area (TPSA) is 41.9 Å². The Morgan fingerprint density at radius 1 is 1.75 bits per heavy atom. The van der Waals surface area contributed by atoms with Gasteiger partial charge in [-0.2, -0.15) is 5.10 Å². The maximum atomic E-state index is 4.18. The van der Waals surface area contributed by atoms with Crippen LogP contribution in [0.3, 0.4) is 0 Å². The van der Waals surface area contributed by atoms with E-state index in [1.807, 2.05) is 17.1 Å². The van der Waals surface area contributed by atoms with E-state index in [4.69, 9.17) is 0 Å². The summed E-state index contributed by atoms with van der Waals surface area (Å²) in [5.41, 5.74) is 1.13. The number of hydrogen-bond acceptors (Lipinski definition) is 3. The van der Waals surface area contributed by atoms with Gasteiger partial charge in [0.2, 0.25) is 0 Å². The fourth-order valence-corrected chi connectivity index (χ4v) is 1.24. The Morgan fingerprint density at radius 2 is 2.58 bits per heavy atom. The van der Waals surface area contributed by atoms with E-state index in [1.54, 1.807) is 0 Å². The lowest BCUT2D eigenvalue weighted by Gasteiger charge is -2.28. The molecule has 1 aliphatic heterocycles. The summed E-state index contributed by atoms with van der Waals surface area (Å²) in [6, 6.07) is 0.597. The molecule has 0 radical (unpaired) electrons. The molecule has 0 bridgehead atoms. The Labute approximate surface area is 72.0 Å². The maximum Gasteiger partial charge on any atom is 0.0729 e. The van der Waals surface area contributed by atoms with E-state index in [0.29, 0.717) is 6.04 Å². The number of hydrogen-bond donors (Lipinski definition) is 2. The Hall–Kier alpha value is -1.03. The predicted octanol–water partition coefficient (Wildman–Crippen LogP) is 0.287. The molecule has 12 heavy (non-hydrogen) atoms. The highest BCUT2D eigenvalue weighted by Gasteiger charge is 2.16. The molecule has 1 fully saturated rings. The summed E-state index contributed by atoms with van der Waals surface area (Å²) in [5.74, 6) is 0. The van der Waals surface area contributed by atoms with Gasteiger partial charge in [0.15, 0.2) is 0 Å². The third-order valence-electron chi connectivity index (χ3n) is 2.11. The molecule has 0 aliphatic carbocycles. The van der Waals surface area contributed by atoms with E-state index in [-0.39, 0.29) is 0 Å². The largest absolute Gasteiger partial charge is 0.377 e. The molecule has 1 aliphatic rings. The van der Waals surface area contributed by atoms with Gasteiger partial charge >= 0.3 is 0 Å². The average molecular weight is 166 g/mol. The summed E-state index contributed by atoms with van der Waals surface area (Å²) in [7, 11) is 0. The van der Waals surface area contributed by atoms with Crippen LogP contribution in [0.25, 0.3) is 0 Å². The summed E-state index contributed by atoms with van der Waals surface area (Å²) in [6.07, 6.45) is 3.92. The Balaban J connectivity index is 1.93. The minimum Gasteiger partial charge on any atom is -0.377 e. The Morgan fingerprint density at radius 3 is 3.08 bits per heavy atom. The highest BCUT2D eigenvalue weighted by Crippen LogP contribution is 2.08. The third kappa shape index (κ3) is 1.43. The summed E-state index contributed by atoms with van der Waals surface area (Å²) >= 11 is 0. The van der Waals surface area contributed by atoms with Crippen molar-refractivity contribution in [2.24, 2.45) is 0 Å². The fraction of sp³-hybridized carbons (Fsp3) is 0.625. The van der Waals surface area contributed by atoms with Crippen molar-refractivity contribution in [2.45, 2.75) is 19.5 Å². The van der Waals surface area contributed by atoms with Crippen LogP contribution in [0.1, 0.15) is 6.92 Å². The van der Waals surface area contributed by atoms with Crippen molar-refractivity contribution in [2.75, 3.05) is 18.4 Å². The Kier molecular flexibility index (Phi) is 1.99. The van der Waals surface area contributed by atoms with Crippen molar-refractivity contribution in [3.63, 3.8) is 0 Å². The van der Waals surface area contributed by atoms with Gasteiger partial charge in [-0.15, -0.1) is 0 Å². The summed E-state index contributed by atoms with van der Waals surface area (Å²) in [4.78, 5) is 0. The molecule has 4 heteroatoms. The molecule has 0 saturated carbocycles. The van der Waals surface area contributed by atoms with E-state index >= 15 is 0 Å². The first-order valence-electron chi connectivity index (χ1n) is 4.38. The molecule has 0 amide bonds. The van der Waals surface area contributed by atoms with Crippen LogP contribution in [0.4, 0.5) is 5.69 Å². The Bertz CT molecular complexity index is 251. The summed E-state index contributed by atoms with van der Waals surface area (Å²) < 4.78 is 1.93. The molecule has 1 aromatic rings. The lowest BCUT2D eigenvalue weighted by atomic mass is 10.2. The van der Waals surface area contributed by atoms with Crippen LogP contribution < -0.4 is 10.6 Å². The second-order valence-electron chi connectivity index (χ2n) is 3.08. The summed E-state index contributed by atoms with van der Waals surface area (Å²) in [6.45, 7) is 5.15. The first kappa shape index (κ1) is 7.61. The number of nitrogens with zero attached hydrogens (tertiary/aromatic N) is 2. The molecular formula is C8H14N4. The lowest BCUT2D eigenvalue weighted by molar-refractivity contribution is 0.472. The van der Waals surface area contributed by atoms with Crippen LogP contribution in [0.2, 0.25) is 0 Å². The van der Waals surface area contributed by atoms with Crippen LogP contribution in [-0.2, 0) is 6.54 Å². The van der Waals surface area contributed by atoms with E-state index in [2.05, 4.69) is 22.7 Å². The predicted molar refractivity (Wildman–Crippen MR) is 48.2 cm³/mol. The number of nitrogens with one attached hydrogen (secondary N) is 2. The van der Waals surface area contributed by atoms with Crippen LogP contribution in [0.5, 0.6) is 0 Å². The van der Waals surface area contributed by atoms with Crippen molar-refractivity contribution in [3.05, 3.63) is 12.4 Å². The van der Waals surface area contributed by atoms with E-state index in [9.17, 15) is 0 Å². The smallest absolute Gasteiger partial charge is 0.0729 e. The third-order valence-corrected chi connectivity index (χ3v) is 2.11. The maximum absolute atomic E-state index is 4.18. The fourth-order valence-electron chi connectivity index (χ4n) is 1.24. The van der Waals surface area contributed by atoms with Gasteiger partial charge in [0.25, 0.3) is 0 Å². The molecule has 0 unspecified atom stereocenters. The number of aryl methyl sites for hydroxylation is 1. The highest BCUT2D eigenvalue weighted by atomic mass is 15.3. The van der Waals surface area contributed by atoms with Gasteiger partial charge in [0.05, 0.1) is 17.9 Å². The number of aromatic nitrogens is 2. The first-order chi connectivity index (χ1) is 5.88. The van der Waals surface area contributed by atoms with Gasteiger partial charge in [-0.25, -0.2) is 0 Å². The zero-order chi connectivity index (χ0) is 8.39. The molecule has 1 aromatic heterocycles. The number of rotatable bonds is 3. The van der Waals surface area contributed by atoms with Crippen LogP contribution >= 0.6 is 0 Å². The van der Waals surface area contributed by atoms with Crippen LogP contribution in [-0.4, -0.2) is 28.9 Å². The molecule has 2 N–H and O–H groups in total. The molecule has 1 saturated heterocycles. The first-order valence-corrected chi connectivity index (χ1v) is 4.38. The molecule has 2 heterocycles. The SMILES string of the molecule is CCn1cc(NC2CNC2)cn1. The minimum atomic E-state index is 0.597. The van der Waals surface area contributed by atoms with E-state index in [1.165, 1.54) is 0 Å². The van der Waals surface area contributed by atoms with Crippen molar-refractivity contribution in [1.82, 2.24) is 15.1 Å². The van der Waals surface area contributed by atoms with Crippen molar-refractivity contribution >= 4 is 5.69 Å². The van der Waals surface area contributed by atoms with Crippen molar-refractivity contribution in [3.8, 4) is 0 Å². The average Bonchev–Trinajstić information content (AvgIpc) is 2.44. The molecule has 0 aromatic carbocycles.